The minimum absolute atomic E-state index is 0.252. The first-order valence-corrected chi connectivity index (χ1v) is 12.5. The molecular weight excluding hydrogens is 420 g/mol. The maximum Gasteiger partial charge on any atom is 0.211 e. The quantitative estimate of drug-likeness (QED) is 0.479. The van der Waals surface area contributed by atoms with Gasteiger partial charge in [-0.05, 0) is 42.8 Å². The third kappa shape index (κ3) is 7.71. The zero-order chi connectivity index (χ0) is 23.3. The molecule has 0 aliphatic carbocycles. The molecule has 1 amide bonds. The molecule has 1 aromatic carbocycles. The molecule has 32 heavy (non-hydrogen) atoms. The minimum Gasteiger partial charge on any atom is -0.508 e. The van der Waals surface area contributed by atoms with Gasteiger partial charge >= 0.3 is 0 Å². The molecule has 1 unspecified atom stereocenters. The normalized spacial score (nSPS) is 22.8. The molecule has 1 atom stereocenters. The lowest BCUT2D eigenvalue weighted by molar-refractivity contribution is -0.105. The number of aryl methyl sites for hydroxylation is 1. The lowest BCUT2D eigenvalue weighted by Gasteiger charge is -2.36. The Bertz CT molecular complexity index is 814. The summed E-state index contributed by atoms with van der Waals surface area (Å²) in [6.07, 6.45) is 11.7. The topological polar surface area (TPSA) is 68.2 Å². The summed E-state index contributed by atoms with van der Waals surface area (Å²) in [4.78, 5) is 15.6. The summed E-state index contributed by atoms with van der Waals surface area (Å²) in [5.41, 5.74) is 2.68. The van der Waals surface area contributed by atoms with E-state index in [4.69, 9.17) is 4.40 Å². The first kappa shape index (κ1) is 26.0. The number of amidine groups is 1. The minimum atomic E-state index is 0.252. The molecule has 0 spiro atoms. The number of piperazine rings is 1. The number of anilines is 1. The number of carbonyl (C=O) groups excluding carboxylic acids is 1. The molecule has 2 aliphatic heterocycles. The molecule has 0 aromatic heterocycles. The summed E-state index contributed by atoms with van der Waals surface area (Å²) in [5, 5.41) is 13.4. The van der Waals surface area contributed by atoms with Crippen molar-refractivity contribution in [3.05, 3.63) is 47.6 Å². The van der Waals surface area contributed by atoms with Gasteiger partial charge in [0.2, 0.25) is 6.41 Å². The Kier molecular flexibility index (Phi) is 11.4. The number of benzene rings is 1. The summed E-state index contributed by atoms with van der Waals surface area (Å²) < 4.78 is 4.79. The van der Waals surface area contributed by atoms with Crippen molar-refractivity contribution in [1.82, 2.24) is 9.80 Å². The standard InChI is InChI=1S/C23H32N4O2S.C2H6/c1-3-19-15-20(22(29)16-21(19)24-17-28)9-10-26-11-13-27(14-12-26)23-8-6-4-5-7-18(2)30-25-23;1-2/h4-7,15-18,29H,3,8-14H2,1-2H3,(H,24,28);1-2H3/b6-4-,7-5-,25-23+;. The Hall–Kier alpha value is -2.25. The highest BCUT2D eigenvalue weighted by atomic mass is 32.2. The molecule has 0 bridgehead atoms. The van der Waals surface area contributed by atoms with Crippen LogP contribution in [0.4, 0.5) is 5.69 Å². The van der Waals surface area contributed by atoms with E-state index in [2.05, 4.69) is 53.3 Å². The maximum atomic E-state index is 10.8. The van der Waals surface area contributed by atoms with Crippen LogP contribution in [0.3, 0.4) is 0 Å². The van der Waals surface area contributed by atoms with Gasteiger partial charge < -0.3 is 15.3 Å². The van der Waals surface area contributed by atoms with Crippen LogP contribution in [-0.2, 0) is 17.6 Å². The number of allylic oxidation sites excluding steroid dienone is 2. The average molecular weight is 459 g/mol. The lowest BCUT2D eigenvalue weighted by Crippen LogP contribution is -2.49. The highest BCUT2D eigenvalue weighted by Gasteiger charge is 2.20. The largest absolute Gasteiger partial charge is 0.508 e. The van der Waals surface area contributed by atoms with Crippen LogP contribution in [0.2, 0.25) is 0 Å². The molecule has 0 saturated carbocycles. The summed E-state index contributed by atoms with van der Waals surface area (Å²) >= 11 is 1.64. The molecule has 2 N–H and O–H groups in total. The van der Waals surface area contributed by atoms with E-state index >= 15 is 0 Å². The second-order valence-corrected chi connectivity index (χ2v) is 8.80. The van der Waals surface area contributed by atoms with Gasteiger partial charge in [-0.15, -0.1) is 0 Å². The molecule has 2 aliphatic rings. The SMILES string of the molecule is CC.CCc1cc(CCN2CCN(/C3=N/SC(C)/C=C\C=C/C3)CC2)c(O)cc1NC=O. The third-order valence-corrected chi connectivity index (χ3v) is 6.39. The van der Waals surface area contributed by atoms with Gasteiger partial charge in [0.15, 0.2) is 0 Å². The Morgan fingerprint density at radius 2 is 1.94 bits per heavy atom. The molecule has 6 nitrogen and oxygen atoms in total. The zero-order valence-electron chi connectivity index (χ0n) is 19.9. The number of nitrogens with one attached hydrogen (secondary N) is 1. The van der Waals surface area contributed by atoms with Crippen LogP contribution in [0.1, 0.15) is 45.2 Å². The Morgan fingerprint density at radius 1 is 1.19 bits per heavy atom. The monoisotopic (exact) mass is 458 g/mol. The highest BCUT2D eigenvalue weighted by molar-refractivity contribution is 7.98. The Balaban J connectivity index is 0.00000176. The molecule has 7 heteroatoms. The van der Waals surface area contributed by atoms with Gasteiger partial charge in [-0.2, -0.15) is 0 Å². The maximum absolute atomic E-state index is 10.8. The number of amides is 1. The van der Waals surface area contributed by atoms with Gasteiger partial charge in [-0.25, -0.2) is 4.40 Å². The van der Waals surface area contributed by atoms with Gasteiger partial charge in [0.1, 0.15) is 11.6 Å². The van der Waals surface area contributed by atoms with E-state index in [0.717, 1.165) is 68.9 Å². The van der Waals surface area contributed by atoms with Crippen LogP contribution in [0.5, 0.6) is 5.75 Å². The van der Waals surface area contributed by atoms with Gasteiger partial charge in [0, 0.05) is 56.1 Å². The van der Waals surface area contributed by atoms with Crippen molar-refractivity contribution < 1.29 is 9.90 Å². The zero-order valence-corrected chi connectivity index (χ0v) is 20.7. The van der Waals surface area contributed by atoms with Gasteiger partial charge in [-0.1, -0.05) is 51.1 Å². The summed E-state index contributed by atoms with van der Waals surface area (Å²) in [6.45, 7) is 13.1. The first-order valence-electron chi connectivity index (χ1n) is 11.7. The van der Waals surface area contributed by atoms with Crippen molar-refractivity contribution >= 4 is 29.9 Å². The Labute approximate surface area is 197 Å². The van der Waals surface area contributed by atoms with Crippen molar-refractivity contribution in [1.29, 1.82) is 0 Å². The smallest absolute Gasteiger partial charge is 0.211 e. The number of aromatic hydroxyl groups is 1. The van der Waals surface area contributed by atoms with Crippen LogP contribution in [0.15, 0.2) is 40.8 Å². The van der Waals surface area contributed by atoms with E-state index in [0.29, 0.717) is 17.3 Å². The summed E-state index contributed by atoms with van der Waals surface area (Å²) in [6, 6.07) is 3.68. The molecule has 2 heterocycles. The summed E-state index contributed by atoms with van der Waals surface area (Å²) in [5.74, 6) is 1.41. The number of rotatable bonds is 6. The van der Waals surface area contributed by atoms with Crippen LogP contribution < -0.4 is 5.32 Å². The van der Waals surface area contributed by atoms with Crippen LogP contribution in [0.25, 0.3) is 0 Å². The number of phenolic OH excluding ortho intramolecular Hbond substituents is 1. The van der Waals surface area contributed by atoms with Crippen molar-refractivity contribution in [2.75, 3.05) is 38.0 Å². The second kappa shape index (κ2) is 14.0. The van der Waals surface area contributed by atoms with E-state index in [-0.39, 0.29) is 5.75 Å². The van der Waals surface area contributed by atoms with Crippen molar-refractivity contribution in [2.45, 2.75) is 52.2 Å². The van der Waals surface area contributed by atoms with Crippen molar-refractivity contribution in [3.8, 4) is 5.75 Å². The van der Waals surface area contributed by atoms with Crippen molar-refractivity contribution in [3.63, 3.8) is 0 Å². The summed E-state index contributed by atoms with van der Waals surface area (Å²) in [7, 11) is 0. The fourth-order valence-electron chi connectivity index (χ4n) is 3.76. The van der Waals surface area contributed by atoms with E-state index in [1.54, 1.807) is 18.0 Å². The molecule has 3 rings (SSSR count). The number of hydrogen-bond donors (Lipinski definition) is 2. The highest BCUT2D eigenvalue weighted by Crippen LogP contribution is 2.27. The van der Waals surface area contributed by atoms with E-state index in [1.165, 1.54) is 0 Å². The van der Waals surface area contributed by atoms with Crippen LogP contribution in [-0.4, -0.2) is 65.1 Å². The first-order chi connectivity index (χ1) is 15.6. The molecule has 1 saturated heterocycles. The van der Waals surface area contributed by atoms with E-state index in [1.807, 2.05) is 19.9 Å². The predicted octanol–water partition coefficient (Wildman–Crippen LogP) is 4.66. The number of nitrogens with zero attached hydrogens (tertiary/aromatic N) is 3. The van der Waals surface area contributed by atoms with Gasteiger partial charge in [0.05, 0.1) is 0 Å². The van der Waals surface area contributed by atoms with Gasteiger partial charge in [-0.3, -0.25) is 9.69 Å². The molecular formula is C25H38N4O2S. The lowest BCUT2D eigenvalue weighted by atomic mass is 10.0. The second-order valence-electron chi connectivity index (χ2n) is 7.67. The van der Waals surface area contributed by atoms with Gasteiger partial charge in [0.25, 0.3) is 0 Å². The van der Waals surface area contributed by atoms with E-state index < -0.39 is 0 Å². The third-order valence-electron chi connectivity index (χ3n) is 5.59. The number of carbonyl (C=O) groups is 1. The number of phenols is 1. The fourth-order valence-corrected chi connectivity index (χ4v) is 4.40. The Morgan fingerprint density at radius 3 is 2.62 bits per heavy atom. The fraction of sp³-hybridized carbons (Fsp3) is 0.520. The molecule has 0 radical (unpaired) electrons. The molecule has 176 valence electrons. The average Bonchev–Trinajstić information content (AvgIpc) is 2.92. The molecule has 1 fully saturated rings. The van der Waals surface area contributed by atoms with Crippen LogP contribution >= 0.6 is 11.9 Å². The number of hydrogen-bond acceptors (Lipinski definition) is 6. The molecule has 1 aromatic rings. The predicted molar refractivity (Wildman–Crippen MR) is 138 cm³/mol. The van der Waals surface area contributed by atoms with E-state index in [9.17, 15) is 9.90 Å². The van der Waals surface area contributed by atoms with Crippen LogP contribution in [0, 0.1) is 0 Å². The van der Waals surface area contributed by atoms with Crippen molar-refractivity contribution in [2.24, 2.45) is 4.40 Å².